The lowest BCUT2D eigenvalue weighted by Crippen LogP contribution is -2.53. The summed E-state index contributed by atoms with van der Waals surface area (Å²) in [5, 5.41) is 12.6. The first-order chi connectivity index (χ1) is 16.9. The quantitative estimate of drug-likeness (QED) is 0.660. The van der Waals surface area contributed by atoms with E-state index in [-0.39, 0.29) is 30.4 Å². The van der Waals surface area contributed by atoms with Crippen LogP contribution >= 0.6 is 0 Å². The number of hydrogen-bond donors (Lipinski definition) is 2. The average molecular weight is 477 g/mol. The highest BCUT2D eigenvalue weighted by Crippen LogP contribution is 2.44. The lowest BCUT2D eigenvalue weighted by atomic mass is 9.84. The summed E-state index contributed by atoms with van der Waals surface area (Å²) in [6.45, 7) is 2.36. The maximum Gasteiger partial charge on any atom is 0.407 e. The molecule has 1 heterocycles. The Morgan fingerprint density at radius 2 is 1.69 bits per heavy atom. The number of alkyl carbamates (subject to hydrolysis) is 1. The van der Waals surface area contributed by atoms with E-state index in [0.29, 0.717) is 32.2 Å². The molecule has 1 saturated carbocycles. The number of nitrogens with zero attached hydrogens (tertiary/aromatic N) is 1. The number of benzene rings is 2. The molecule has 2 amide bonds. The maximum atomic E-state index is 13.2. The second-order valence-corrected chi connectivity index (χ2v) is 10.2. The Balaban J connectivity index is 1.19. The zero-order valence-corrected chi connectivity index (χ0v) is 20.0. The van der Waals surface area contributed by atoms with Crippen molar-refractivity contribution in [1.29, 1.82) is 0 Å². The van der Waals surface area contributed by atoms with Gasteiger partial charge in [-0.05, 0) is 61.3 Å². The molecule has 1 aliphatic heterocycles. The molecule has 7 nitrogen and oxygen atoms in total. The number of likely N-dealkylation sites (tertiary alicyclic amines) is 1. The molecule has 2 aliphatic carbocycles. The number of rotatable bonds is 5. The van der Waals surface area contributed by atoms with Gasteiger partial charge in [0.1, 0.15) is 12.1 Å². The molecule has 184 valence electrons. The van der Waals surface area contributed by atoms with Crippen molar-refractivity contribution in [3.05, 3.63) is 59.7 Å². The van der Waals surface area contributed by atoms with Crippen molar-refractivity contribution in [1.82, 2.24) is 10.2 Å². The van der Waals surface area contributed by atoms with Crippen molar-refractivity contribution in [3.8, 4) is 11.1 Å². The van der Waals surface area contributed by atoms with Crippen molar-refractivity contribution in [3.63, 3.8) is 0 Å². The van der Waals surface area contributed by atoms with Gasteiger partial charge in [-0.15, -0.1) is 0 Å². The summed E-state index contributed by atoms with van der Waals surface area (Å²) < 4.78 is 5.68. The molecule has 0 aromatic heterocycles. The van der Waals surface area contributed by atoms with Crippen molar-refractivity contribution >= 4 is 18.0 Å². The van der Waals surface area contributed by atoms with Crippen molar-refractivity contribution in [2.75, 3.05) is 13.2 Å². The Hall–Kier alpha value is -3.35. The highest BCUT2D eigenvalue weighted by molar-refractivity contribution is 5.88. The summed E-state index contributed by atoms with van der Waals surface area (Å²) in [5.41, 5.74) is 3.56. The summed E-state index contributed by atoms with van der Waals surface area (Å²) in [6.07, 6.45) is 3.52. The Bertz CT molecular complexity index is 1100. The molecule has 1 saturated heterocycles. The minimum atomic E-state index is -1.13. The third-order valence-electron chi connectivity index (χ3n) is 8.06. The first-order valence-corrected chi connectivity index (χ1v) is 12.5. The smallest absolute Gasteiger partial charge is 0.407 e. The van der Waals surface area contributed by atoms with E-state index >= 15 is 0 Å². The summed E-state index contributed by atoms with van der Waals surface area (Å²) in [4.78, 5) is 39.3. The SMILES string of the molecule is CC1(C(=O)O)CCCN1C(=O)C1CCCC(NC(=O)OCC2c3ccccc3-c3ccccc32)C1. The molecule has 7 heteroatoms. The molecule has 0 spiro atoms. The average Bonchev–Trinajstić information content (AvgIpc) is 3.41. The molecule has 35 heavy (non-hydrogen) atoms. The number of carbonyl (C=O) groups is 3. The fourth-order valence-corrected chi connectivity index (χ4v) is 6.11. The zero-order valence-electron chi connectivity index (χ0n) is 20.0. The number of carboxylic acid groups (broad SMARTS) is 1. The van der Waals surface area contributed by atoms with Crippen LogP contribution in [0.4, 0.5) is 4.79 Å². The van der Waals surface area contributed by atoms with E-state index in [1.54, 1.807) is 6.92 Å². The maximum absolute atomic E-state index is 13.2. The van der Waals surface area contributed by atoms with Crippen LogP contribution < -0.4 is 5.32 Å². The predicted molar refractivity (Wildman–Crippen MR) is 131 cm³/mol. The molecular formula is C28H32N2O5. The van der Waals surface area contributed by atoms with Crippen LogP contribution in [-0.2, 0) is 14.3 Å². The van der Waals surface area contributed by atoms with E-state index in [2.05, 4.69) is 29.6 Å². The van der Waals surface area contributed by atoms with E-state index < -0.39 is 17.6 Å². The highest BCUT2D eigenvalue weighted by atomic mass is 16.5. The van der Waals surface area contributed by atoms with Crippen molar-refractivity contribution in [2.45, 2.75) is 62.9 Å². The van der Waals surface area contributed by atoms with Gasteiger partial charge in [-0.1, -0.05) is 55.0 Å². The minimum absolute atomic E-state index is 0.00213. The van der Waals surface area contributed by atoms with Gasteiger partial charge in [-0.2, -0.15) is 0 Å². The third-order valence-corrected chi connectivity index (χ3v) is 8.06. The molecule has 2 fully saturated rings. The summed E-state index contributed by atoms with van der Waals surface area (Å²) >= 11 is 0. The van der Waals surface area contributed by atoms with Crippen molar-refractivity contribution in [2.24, 2.45) is 5.92 Å². The minimum Gasteiger partial charge on any atom is -0.480 e. The van der Waals surface area contributed by atoms with Gasteiger partial charge in [0, 0.05) is 24.4 Å². The highest BCUT2D eigenvalue weighted by Gasteiger charge is 2.47. The van der Waals surface area contributed by atoms with E-state index in [0.717, 1.165) is 24.0 Å². The van der Waals surface area contributed by atoms with Gasteiger partial charge >= 0.3 is 12.1 Å². The first-order valence-electron chi connectivity index (χ1n) is 12.5. The fourth-order valence-electron chi connectivity index (χ4n) is 6.11. The predicted octanol–water partition coefficient (Wildman–Crippen LogP) is 4.55. The lowest BCUT2D eigenvalue weighted by Gasteiger charge is -2.36. The monoisotopic (exact) mass is 476 g/mol. The largest absolute Gasteiger partial charge is 0.480 e. The third kappa shape index (κ3) is 4.28. The summed E-state index contributed by atoms with van der Waals surface area (Å²) in [6, 6.07) is 16.3. The van der Waals surface area contributed by atoms with E-state index in [4.69, 9.17) is 4.74 Å². The zero-order chi connectivity index (χ0) is 24.6. The Morgan fingerprint density at radius 1 is 1.03 bits per heavy atom. The lowest BCUT2D eigenvalue weighted by molar-refractivity contribution is -0.157. The van der Waals surface area contributed by atoms with E-state index in [1.807, 2.05) is 24.3 Å². The molecule has 5 rings (SSSR count). The molecule has 3 aliphatic rings. The van der Waals surface area contributed by atoms with Crippen molar-refractivity contribution < 1.29 is 24.2 Å². The van der Waals surface area contributed by atoms with Crippen LogP contribution in [0.5, 0.6) is 0 Å². The number of carbonyl (C=O) groups excluding carboxylic acids is 2. The molecular weight excluding hydrogens is 444 g/mol. The normalized spacial score (nSPS) is 25.6. The van der Waals surface area contributed by atoms with Gasteiger partial charge in [-0.3, -0.25) is 4.79 Å². The van der Waals surface area contributed by atoms with Crippen LogP contribution in [-0.4, -0.2) is 52.7 Å². The molecule has 2 N–H and O–H groups in total. The molecule has 3 atom stereocenters. The number of hydrogen-bond acceptors (Lipinski definition) is 4. The number of ether oxygens (including phenoxy) is 1. The van der Waals surface area contributed by atoms with Crippen LogP contribution in [0, 0.1) is 5.92 Å². The Kier molecular flexibility index (Phi) is 6.26. The van der Waals surface area contributed by atoms with Gasteiger partial charge in [0.05, 0.1) is 0 Å². The van der Waals surface area contributed by atoms with Gasteiger partial charge in [-0.25, -0.2) is 9.59 Å². The summed E-state index contributed by atoms with van der Waals surface area (Å²) in [7, 11) is 0. The summed E-state index contributed by atoms with van der Waals surface area (Å²) in [5.74, 6) is -1.34. The van der Waals surface area contributed by atoms with Crippen LogP contribution in [0.1, 0.15) is 62.5 Å². The number of aliphatic carboxylic acids is 1. The fraction of sp³-hybridized carbons (Fsp3) is 0.464. The first kappa shape index (κ1) is 23.4. The van der Waals surface area contributed by atoms with Crippen LogP contribution in [0.3, 0.4) is 0 Å². The van der Waals surface area contributed by atoms with Crippen LogP contribution in [0.2, 0.25) is 0 Å². The van der Waals surface area contributed by atoms with E-state index in [9.17, 15) is 19.5 Å². The Labute approximate surface area is 205 Å². The van der Waals surface area contributed by atoms with E-state index in [1.165, 1.54) is 16.0 Å². The van der Waals surface area contributed by atoms with Gasteiger partial charge in [0.15, 0.2) is 0 Å². The number of nitrogens with one attached hydrogen (secondary N) is 1. The van der Waals surface area contributed by atoms with Gasteiger partial charge in [0.2, 0.25) is 5.91 Å². The number of fused-ring (bicyclic) bond motifs is 3. The second kappa shape index (κ2) is 9.36. The molecule has 3 unspecified atom stereocenters. The van der Waals surface area contributed by atoms with Gasteiger partial charge < -0.3 is 20.1 Å². The number of amides is 2. The van der Waals surface area contributed by atoms with Crippen LogP contribution in [0.15, 0.2) is 48.5 Å². The number of carboxylic acids is 1. The molecule has 0 radical (unpaired) electrons. The van der Waals surface area contributed by atoms with Crippen LogP contribution in [0.25, 0.3) is 11.1 Å². The molecule has 0 bridgehead atoms. The standard InChI is InChI=1S/C28H32N2O5/c1-28(26(32)33)14-7-15-30(28)25(31)18-8-6-9-19(16-18)29-27(34)35-17-24-22-12-4-2-10-20(22)21-11-3-5-13-23(21)24/h2-5,10-13,18-19,24H,6-9,14-17H2,1H3,(H,29,34)(H,32,33). The molecule has 2 aromatic carbocycles. The van der Waals surface area contributed by atoms with Gasteiger partial charge in [0.25, 0.3) is 0 Å². The topological polar surface area (TPSA) is 95.9 Å². The second-order valence-electron chi connectivity index (χ2n) is 10.2. The Morgan fingerprint density at radius 3 is 2.34 bits per heavy atom. The molecule has 2 aromatic rings.